The van der Waals surface area contributed by atoms with Crippen molar-refractivity contribution in [1.82, 2.24) is 0 Å². The Kier molecular flexibility index (Phi) is 2.52. The Bertz CT molecular complexity index is 73.9. The average molecular weight is 128 g/mol. The molecule has 0 bridgehead atoms. The van der Waals surface area contributed by atoms with E-state index < -0.39 is 0 Å². The molecule has 1 nitrogen and oxygen atoms in total. The fraction of sp³-hybridized carbons (Fsp3) is 1.00. The second-order valence-corrected chi connectivity index (χ2v) is 2.91. The molecule has 0 aromatic heterocycles. The molecule has 1 unspecified atom stereocenters. The van der Waals surface area contributed by atoms with E-state index in [4.69, 9.17) is 4.74 Å². The first-order chi connectivity index (χ1) is 4.33. The predicted octanol–water partition coefficient (Wildman–Crippen LogP) is 2.35. The highest BCUT2D eigenvalue weighted by Crippen LogP contribution is 2.23. The Hall–Kier alpha value is -0.0400. The maximum absolute atomic E-state index is 5.64. The number of hydrogen-bond acceptors (Lipinski definition) is 1. The predicted molar refractivity (Wildman–Crippen MR) is 38.5 cm³/mol. The summed E-state index contributed by atoms with van der Waals surface area (Å²) < 4.78 is 5.64. The van der Waals surface area contributed by atoms with Crippen molar-refractivity contribution < 1.29 is 4.74 Å². The summed E-state index contributed by atoms with van der Waals surface area (Å²) in [6, 6.07) is 0. The molecule has 0 aromatic carbocycles. The minimum atomic E-state index is 0.482. The van der Waals surface area contributed by atoms with Crippen molar-refractivity contribution in [1.29, 1.82) is 0 Å². The molecule has 0 aliphatic heterocycles. The summed E-state index contributed by atoms with van der Waals surface area (Å²) in [4.78, 5) is 0. The molecule has 0 heterocycles. The van der Waals surface area contributed by atoms with E-state index >= 15 is 0 Å². The summed E-state index contributed by atoms with van der Waals surface area (Å²) in [5.74, 6) is 0. The number of ether oxygens (including phenoxy) is 1. The molecule has 1 atom stereocenters. The van der Waals surface area contributed by atoms with Gasteiger partial charge in [0.25, 0.3) is 0 Å². The van der Waals surface area contributed by atoms with Crippen LogP contribution in [0.15, 0.2) is 0 Å². The van der Waals surface area contributed by atoms with E-state index in [0.29, 0.717) is 12.2 Å². The minimum Gasteiger partial charge on any atom is -0.375 e. The standard InChI is InChI=1S/C8H16O/c1-3-7(2)9-8-5-4-6-8/h7-8H,3-6H2,1-2H3. The smallest absolute Gasteiger partial charge is 0.0578 e. The van der Waals surface area contributed by atoms with Crippen molar-refractivity contribution in [3.63, 3.8) is 0 Å². The zero-order chi connectivity index (χ0) is 6.69. The molecule has 0 aromatic rings. The first kappa shape index (κ1) is 7.07. The Morgan fingerprint density at radius 1 is 1.56 bits per heavy atom. The Labute approximate surface area is 57.4 Å². The van der Waals surface area contributed by atoms with Gasteiger partial charge < -0.3 is 4.74 Å². The zero-order valence-corrected chi connectivity index (χ0v) is 6.39. The first-order valence-electron chi connectivity index (χ1n) is 3.98. The normalized spacial score (nSPS) is 23.3. The summed E-state index contributed by atoms with van der Waals surface area (Å²) in [5.41, 5.74) is 0. The van der Waals surface area contributed by atoms with E-state index in [1.165, 1.54) is 19.3 Å². The van der Waals surface area contributed by atoms with Crippen LogP contribution in [0.4, 0.5) is 0 Å². The maximum Gasteiger partial charge on any atom is 0.0578 e. The van der Waals surface area contributed by atoms with Crippen molar-refractivity contribution in [2.75, 3.05) is 0 Å². The molecule has 0 N–H and O–H groups in total. The van der Waals surface area contributed by atoms with Crippen molar-refractivity contribution in [2.45, 2.75) is 51.7 Å². The monoisotopic (exact) mass is 128 g/mol. The van der Waals surface area contributed by atoms with Crippen molar-refractivity contribution in [3.05, 3.63) is 0 Å². The topological polar surface area (TPSA) is 9.23 Å². The molecule has 1 heteroatoms. The number of rotatable bonds is 3. The quantitative estimate of drug-likeness (QED) is 0.567. The molecular formula is C8H16O. The lowest BCUT2D eigenvalue weighted by Crippen LogP contribution is -2.25. The van der Waals surface area contributed by atoms with E-state index in [1.807, 2.05) is 0 Å². The highest BCUT2D eigenvalue weighted by atomic mass is 16.5. The maximum atomic E-state index is 5.64. The van der Waals surface area contributed by atoms with Crippen LogP contribution in [0.3, 0.4) is 0 Å². The van der Waals surface area contributed by atoms with Gasteiger partial charge in [-0.15, -0.1) is 0 Å². The summed E-state index contributed by atoms with van der Waals surface area (Å²) >= 11 is 0. The lowest BCUT2D eigenvalue weighted by Gasteiger charge is -2.28. The van der Waals surface area contributed by atoms with Crippen LogP contribution in [0.5, 0.6) is 0 Å². The van der Waals surface area contributed by atoms with Crippen molar-refractivity contribution in [3.8, 4) is 0 Å². The van der Waals surface area contributed by atoms with E-state index in [-0.39, 0.29) is 0 Å². The third-order valence-corrected chi connectivity index (χ3v) is 2.05. The van der Waals surface area contributed by atoms with Crippen LogP contribution < -0.4 is 0 Å². The lowest BCUT2D eigenvalue weighted by molar-refractivity contribution is -0.0439. The Balaban J connectivity index is 2.01. The molecular weight excluding hydrogens is 112 g/mol. The van der Waals surface area contributed by atoms with Crippen LogP contribution >= 0.6 is 0 Å². The van der Waals surface area contributed by atoms with Crippen molar-refractivity contribution >= 4 is 0 Å². The van der Waals surface area contributed by atoms with Gasteiger partial charge in [-0.05, 0) is 32.6 Å². The highest BCUT2D eigenvalue weighted by molar-refractivity contribution is 4.70. The van der Waals surface area contributed by atoms with Gasteiger partial charge in [0, 0.05) is 0 Å². The molecule has 0 spiro atoms. The van der Waals surface area contributed by atoms with Gasteiger partial charge in [0.05, 0.1) is 12.2 Å². The van der Waals surface area contributed by atoms with Crippen LogP contribution in [0.2, 0.25) is 0 Å². The summed E-state index contributed by atoms with van der Waals surface area (Å²) in [6.07, 6.45) is 6.21. The van der Waals surface area contributed by atoms with Crippen LogP contribution in [0.25, 0.3) is 0 Å². The van der Waals surface area contributed by atoms with Crippen LogP contribution in [-0.4, -0.2) is 12.2 Å². The summed E-state index contributed by atoms with van der Waals surface area (Å²) in [6.45, 7) is 4.32. The molecule has 0 radical (unpaired) electrons. The Morgan fingerprint density at radius 3 is 2.56 bits per heavy atom. The van der Waals surface area contributed by atoms with E-state index in [9.17, 15) is 0 Å². The summed E-state index contributed by atoms with van der Waals surface area (Å²) in [7, 11) is 0. The molecule has 1 aliphatic rings. The minimum absolute atomic E-state index is 0.482. The SMILES string of the molecule is CCC(C)OC1CCC1. The first-order valence-corrected chi connectivity index (χ1v) is 3.98. The van der Waals surface area contributed by atoms with Gasteiger partial charge in [-0.3, -0.25) is 0 Å². The molecule has 1 fully saturated rings. The summed E-state index contributed by atoms with van der Waals surface area (Å²) in [5, 5.41) is 0. The van der Waals surface area contributed by atoms with Gasteiger partial charge in [0.1, 0.15) is 0 Å². The lowest BCUT2D eigenvalue weighted by atomic mass is 9.96. The van der Waals surface area contributed by atoms with Gasteiger partial charge in [-0.1, -0.05) is 6.92 Å². The van der Waals surface area contributed by atoms with Gasteiger partial charge in [-0.25, -0.2) is 0 Å². The fourth-order valence-corrected chi connectivity index (χ4v) is 0.932. The third kappa shape index (κ3) is 1.98. The van der Waals surface area contributed by atoms with Crippen LogP contribution in [0.1, 0.15) is 39.5 Å². The highest BCUT2D eigenvalue weighted by Gasteiger charge is 2.19. The largest absolute Gasteiger partial charge is 0.375 e. The Morgan fingerprint density at radius 2 is 2.22 bits per heavy atom. The molecule has 1 aliphatic carbocycles. The van der Waals surface area contributed by atoms with E-state index in [0.717, 1.165) is 6.42 Å². The molecule has 0 amide bonds. The zero-order valence-electron chi connectivity index (χ0n) is 6.39. The molecule has 0 saturated heterocycles. The third-order valence-electron chi connectivity index (χ3n) is 2.05. The molecule has 54 valence electrons. The molecule has 9 heavy (non-hydrogen) atoms. The van der Waals surface area contributed by atoms with E-state index in [2.05, 4.69) is 13.8 Å². The van der Waals surface area contributed by atoms with Gasteiger partial charge in [-0.2, -0.15) is 0 Å². The van der Waals surface area contributed by atoms with E-state index in [1.54, 1.807) is 0 Å². The van der Waals surface area contributed by atoms with Crippen LogP contribution in [0, 0.1) is 0 Å². The van der Waals surface area contributed by atoms with Crippen molar-refractivity contribution in [2.24, 2.45) is 0 Å². The number of hydrogen-bond donors (Lipinski definition) is 0. The second kappa shape index (κ2) is 3.21. The molecule has 1 saturated carbocycles. The molecule has 1 rings (SSSR count). The second-order valence-electron chi connectivity index (χ2n) is 2.91. The van der Waals surface area contributed by atoms with Gasteiger partial charge >= 0.3 is 0 Å². The van der Waals surface area contributed by atoms with Crippen LogP contribution in [-0.2, 0) is 4.74 Å². The fourth-order valence-electron chi connectivity index (χ4n) is 0.932. The van der Waals surface area contributed by atoms with Gasteiger partial charge in [0.2, 0.25) is 0 Å². The average Bonchev–Trinajstić information content (AvgIpc) is 1.78. The van der Waals surface area contributed by atoms with Gasteiger partial charge in [0.15, 0.2) is 0 Å².